The number of rotatable bonds is 3. The Balaban J connectivity index is 2.27. The predicted molar refractivity (Wildman–Crippen MR) is 78.4 cm³/mol. The van der Waals surface area contributed by atoms with Crippen LogP contribution < -0.4 is 5.32 Å². The highest BCUT2D eigenvalue weighted by atomic mass is 127. The molecule has 0 aliphatic carbocycles. The van der Waals surface area contributed by atoms with Crippen molar-refractivity contribution in [3.8, 4) is 0 Å². The molecule has 1 N–H and O–H groups in total. The maximum atomic E-state index is 12.0. The van der Waals surface area contributed by atoms with Crippen molar-refractivity contribution in [1.29, 1.82) is 0 Å². The number of non-ortho nitro benzene ring substituents is 1. The van der Waals surface area contributed by atoms with E-state index in [1.165, 1.54) is 29.5 Å². The van der Waals surface area contributed by atoms with Gasteiger partial charge in [-0.3, -0.25) is 20.2 Å². The lowest BCUT2D eigenvalue weighted by Gasteiger charge is -2.03. The number of nitrogens with zero attached hydrogens (tertiary/aromatic N) is 3. The summed E-state index contributed by atoms with van der Waals surface area (Å²) in [7, 11) is 0. The second-order valence-electron chi connectivity index (χ2n) is 3.50. The van der Waals surface area contributed by atoms with Gasteiger partial charge in [-0.2, -0.15) is 0 Å². The molecule has 19 heavy (non-hydrogen) atoms. The zero-order chi connectivity index (χ0) is 14.0. The van der Waals surface area contributed by atoms with Crippen molar-refractivity contribution < 1.29 is 9.72 Å². The third kappa shape index (κ3) is 3.23. The average molecular weight is 390 g/mol. The lowest BCUT2D eigenvalue weighted by Crippen LogP contribution is -2.13. The lowest BCUT2D eigenvalue weighted by molar-refractivity contribution is -0.384. The van der Waals surface area contributed by atoms with E-state index in [1.807, 2.05) is 22.6 Å². The van der Waals surface area contributed by atoms with Gasteiger partial charge >= 0.3 is 0 Å². The zero-order valence-electron chi connectivity index (χ0n) is 9.58. The summed E-state index contributed by atoms with van der Waals surface area (Å²) in [5.41, 5.74) is 0.113. The molecule has 1 amide bonds. The van der Waals surface area contributed by atoms with Crippen LogP contribution in [-0.2, 0) is 0 Å². The van der Waals surface area contributed by atoms with Crippen molar-refractivity contribution in [3.63, 3.8) is 0 Å². The molecule has 1 aromatic heterocycles. The molecular formula is C10H7IN4O3S. The van der Waals surface area contributed by atoms with Crippen molar-refractivity contribution in [2.24, 2.45) is 0 Å². The topological polar surface area (TPSA) is 98.0 Å². The fraction of sp³-hybridized carbons (Fsp3) is 0.100. The quantitative estimate of drug-likeness (QED) is 0.494. The van der Waals surface area contributed by atoms with Crippen LogP contribution in [0.4, 0.5) is 10.8 Å². The van der Waals surface area contributed by atoms with E-state index in [4.69, 9.17) is 0 Å². The molecule has 7 nitrogen and oxygen atoms in total. The van der Waals surface area contributed by atoms with E-state index >= 15 is 0 Å². The molecule has 0 saturated heterocycles. The summed E-state index contributed by atoms with van der Waals surface area (Å²) in [4.78, 5) is 22.2. The van der Waals surface area contributed by atoms with Crippen LogP contribution in [0.1, 0.15) is 15.4 Å². The van der Waals surface area contributed by atoms with E-state index in [9.17, 15) is 14.9 Å². The van der Waals surface area contributed by atoms with Gasteiger partial charge in [0.25, 0.3) is 11.6 Å². The molecule has 0 unspecified atom stereocenters. The molecule has 9 heteroatoms. The monoisotopic (exact) mass is 390 g/mol. The minimum absolute atomic E-state index is 0.126. The fourth-order valence-electron chi connectivity index (χ4n) is 1.31. The van der Waals surface area contributed by atoms with Crippen molar-refractivity contribution >= 4 is 50.7 Å². The van der Waals surface area contributed by atoms with E-state index in [1.54, 1.807) is 6.92 Å². The molecule has 0 aliphatic heterocycles. The van der Waals surface area contributed by atoms with E-state index in [-0.39, 0.29) is 11.3 Å². The summed E-state index contributed by atoms with van der Waals surface area (Å²) >= 11 is 3.18. The minimum atomic E-state index is -0.540. The van der Waals surface area contributed by atoms with Crippen LogP contribution in [0.5, 0.6) is 0 Å². The first kappa shape index (κ1) is 13.8. The van der Waals surface area contributed by atoms with E-state index in [0.29, 0.717) is 8.70 Å². The number of aryl methyl sites for hydroxylation is 1. The number of anilines is 1. The summed E-state index contributed by atoms with van der Waals surface area (Å²) in [5.74, 6) is -0.441. The molecule has 0 radical (unpaired) electrons. The van der Waals surface area contributed by atoms with Crippen LogP contribution in [0.25, 0.3) is 0 Å². The summed E-state index contributed by atoms with van der Waals surface area (Å²) in [6.07, 6.45) is 0. The molecular weight excluding hydrogens is 383 g/mol. The smallest absolute Gasteiger partial charge is 0.270 e. The van der Waals surface area contributed by atoms with Crippen molar-refractivity contribution in [2.75, 3.05) is 5.32 Å². The third-order valence-corrected chi connectivity index (χ3v) is 3.85. The maximum absolute atomic E-state index is 12.0. The highest BCUT2D eigenvalue weighted by Gasteiger charge is 2.16. The molecule has 0 spiro atoms. The number of hydrogen-bond acceptors (Lipinski definition) is 6. The molecule has 98 valence electrons. The van der Waals surface area contributed by atoms with Crippen LogP contribution in [0.2, 0.25) is 0 Å². The number of nitro benzene ring substituents is 1. The Bertz CT molecular complexity index is 658. The molecule has 1 aromatic carbocycles. The molecule has 0 saturated carbocycles. The van der Waals surface area contributed by atoms with E-state index in [0.717, 1.165) is 5.01 Å². The number of benzene rings is 1. The summed E-state index contributed by atoms with van der Waals surface area (Å²) in [6, 6.07) is 4.12. The lowest BCUT2D eigenvalue weighted by atomic mass is 10.2. The first-order chi connectivity index (χ1) is 8.97. The Morgan fingerprint density at radius 2 is 2.21 bits per heavy atom. The molecule has 2 aromatic rings. The Morgan fingerprint density at radius 1 is 1.47 bits per heavy atom. The average Bonchev–Trinajstić information content (AvgIpc) is 2.74. The zero-order valence-corrected chi connectivity index (χ0v) is 12.6. The van der Waals surface area contributed by atoms with Gasteiger partial charge in [-0.05, 0) is 35.6 Å². The Labute approximate surface area is 125 Å². The van der Waals surface area contributed by atoms with Gasteiger partial charge in [-0.25, -0.2) is 0 Å². The van der Waals surface area contributed by atoms with Crippen molar-refractivity contribution in [1.82, 2.24) is 10.2 Å². The summed E-state index contributed by atoms with van der Waals surface area (Å²) in [5, 5.41) is 21.9. The first-order valence-electron chi connectivity index (χ1n) is 5.03. The van der Waals surface area contributed by atoms with Gasteiger partial charge in [0.1, 0.15) is 5.01 Å². The van der Waals surface area contributed by atoms with Gasteiger partial charge in [0.05, 0.1) is 10.5 Å². The van der Waals surface area contributed by atoms with Crippen LogP contribution >= 0.6 is 33.9 Å². The van der Waals surface area contributed by atoms with E-state index in [2.05, 4.69) is 15.5 Å². The number of halogens is 1. The molecule has 1 heterocycles. The number of carbonyl (C=O) groups excluding carboxylic acids is 1. The normalized spacial score (nSPS) is 10.2. The second kappa shape index (κ2) is 5.57. The number of carbonyl (C=O) groups is 1. The number of hydrogen-bond donors (Lipinski definition) is 1. The number of nitrogens with one attached hydrogen (secondary N) is 1. The van der Waals surface area contributed by atoms with Crippen molar-refractivity contribution in [3.05, 3.63) is 42.5 Å². The van der Waals surface area contributed by atoms with Gasteiger partial charge in [-0.1, -0.05) is 11.3 Å². The van der Waals surface area contributed by atoms with E-state index < -0.39 is 10.8 Å². The number of nitro groups is 1. The molecule has 2 rings (SSSR count). The van der Waals surface area contributed by atoms with Gasteiger partial charge in [0.15, 0.2) is 0 Å². The fourth-order valence-corrected chi connectivity index (χ4v) is 2.48. The third-order valence-electron chi connectivity index (χ3n) is 2.15. The SMILES string of the molecule is Cc1nnc(NC(=O)c2cc([N+](=O)[O-])ccc2I)s1. The summed E-state index contributed by atoms with van der Waals surface area (Å²) < 4.78 is 0.627. The number of amides is 1. The van der Waals surface area contributed by atoms with Crippen LogP contribution in [0, 0.1) is 20.6 Å². The van der Waals surface area contributed by atoms with Gasteiger partial charge < -0.3 is 0 Å². The second-order valence-corrected chi connectivity index (χ2v) is 5.85. The molecule has 0 fully saturated rings. The Kier molecular flexibility index (Phi) is 4.04. The summed E-state index contributed by atoms with van der Waals surface area (Å²) in [6.45, 7) is 1.77. The molecule has 0 atom stereocenters. The van der Waals surface area contributed by atoms with Crippen LogP contribution in [-0.4, -0.2) is 21.0 Å². The van der Waals surface area contributed by atoms with Gasteiger partial charge in [0, 0.05) is 15.7 Å². The highest BCUT2D eigenvalue weighted by molar-refractivity contribution is 14.1. The van der Waals surface area contributed by atoms with Crippen molar-refractivity contribution in [2.45, 2.75) is 6.92 Å². The minimum Gasteiger partial charge on any atom is -0.296 e. The standard InChI is InChI=1S/C10H7IN4O3S/c1-5-13-14-10(19-5)12-9(16)7-4-6(15(17)18)2-3-8(7)11/h2-4H,1H3,(H,12,14,16). The molecule has 0 aliphatic rings. The highest BCUT2D eigenvalue weighted by Crippen LogP contribution is 2.21. The predicted octanol–water partition coefficient (Wildman–Crippen LogP) is 2.61. The number of aromatic nitrogens is 2. The van der Waals surface area contributed by atoms with Gasteiger partial charge in [0.2, 0.25) is 5.13 Å². The molecule has 0 bridgehead atoms. The van der Waals surface area contributed by atoms with Gasteiger partial charge in [-0.15, -0.1) is 10.2 Å². The largest absolute Gasteiger partial charge is 0.296 e. The Morgan fingerprint density at radius 3 is 2.79 bits per heavy atom. The Hall–Kier alpha value is -1.62. The van der Waals surface area contributed by atoms with Crippen LogP contribution in [0.15, 0.2) is 18.2 Å². The first-order valence-corrected chi connectivity index (χ1v) is 6.92. The van der Waals surface area contributed by atoms with Crippen LogP contribution in [0.3, 0.4) is 0 Å². The maximum Gasteiger partial charge on any atom is 0.270 e.